The SMILES string of the molecule is CCc1sc(C(=O)NNC(=O)c2ccc(C(C)=O)s2)cc1C. The number of aryl methyl sites for hydroxylation is 2. The Morgan fingerprint density at radius 1 is 1.00 bits per heavy atom. The zero-order valence-corrected chi connectivity index (χ0v) is 14.1. The van der Waals surface area contributed by atoms with Crippen molar-refractivity contribution in [2.24, 2.45) is 0 Å². The van der Waals surface area contributed by atoms with E-state index in [1.54, 1.807) is 12.1 Å². The lowest BCUT2D eigenvalue weighted by molar-refractivity contribution is 0.0851. The molecule has 2 heterocycles. The summed E-state index contributed by atoms with van der Waals surface area (Å²) in [6.07, 6.45) is 0.874. The molecule has 0 unspecified atom stereocenters. The number of Topliss-reactive ketones (excluding diaryl/α,β-unsaturated/α-hetero) is 1. The van der Waals surface area contributed by atoms with Crippen molar-refractivity contribution < 1.29 is 14.4 Å². The van der Waals surface area contributed by atoms with Gasteiger partial charge in [0.2, 0.25) is 0 Å². The van der Waals surface area contributed by atoms with Gasteiger partial charge in [-0.1, -0.05) is 6.92 Å². The first-order valence-corrected chi connectivity index (χ1v) is 8.36. The Kier molecular flexibility index (Phi) is 5.10. The van der Waals surface area contributed by atoms with E-state index in [-0.39, 0.29) is 11.7 Å². The average Bonchev–Trinajstić information content (AvgIpc) is 3.10. The monoisotopic (exact) mass is 336 g/mol. The number of thiophene rings is 2. The highest BCUT2D eigenvalue weighted by molar-refractivity contribution is 7.16. The zero-order chi connectivity index (χ0) is 16.3. The summed E-state index contributed by atoms with van der Waals surface area (Å²) in [5, 5.41) is 0. The molecule has 0 fully saturated rings. The van der Waals surface area contributed by atoms with E-state index in [0.717, 1.165) is 28.2 Å². The highest BCUT2D eigenvalue weighted by Gasteiger charge is 2.15. The van der Waals surface area contributed by atoms with Crippen LogP contribution in [0.25, 0.3) is 0 Å². The lowest BCUT2D eigenvalue weighted by atomic mass is 10.2. The molecule has 5 nitrogen and oxygen atoms in total. The minimum absolute atomic E-state index is 0.0887. The Bertz CT molecular complexity index is 731. The maximum atomic E-state index is 12.0. The van der Waals surface area contributed by atoms with Crippen LogP contribution in [-0.4, -0.2) is 17.6 Å². The predicted octanol–water partition coefficient (Wildman–Crippen LogP) is 2.96. The van der Waals surface area contributed by atoms with Crippen LogP contribution in [0, 0.1) is 6.92 Å². The number of hydrogen-bond donors (Lipinski definition) is 2. The van der Waals surface area contributed by atoms with E-state index >= 15 is 0 Å². The van der Waals surface area contributed by atoms with Gasteiger partial charge in [0.1, 0.15) is 0 Å². The molecule has 2 amide bonds. The number of carbonyl (C=O) groups is 3. The van der Waals surface area contributed by atoms with Gasteiger partial charge in [-0.15, -0.1) is 22.7 Å². The van der Waals surface area contributed by atoms with Crippen molar-refractivity contribution in [1.29, 1.82) is 0 Å². The molecular weight excluding hydrogens is 320 g/mol. The third-order valence-corrected chi connectivity index (χ3v) is 5.60. The van der Waals surface area contributed by atoms with Gasteiger partial charge in [-0.2, -0.15) is 0 Å². The molecule has 0 saturated carbocycles. The van der Waals surface area contributed by atoms with Crippen LogP contribution in [0.4, 0.5) is 0 Å². The van der Waals surface area contributed by atoms with Gasteiger partial charge in [-0.25, -0.2) is 0 Å². The number of rotatable bonds is 4. The van der Waals surface area contributed by atoms with Gasteiger partial charge in [-0.3, -0.25) is 25.2 Å². The Balaban J connectivity index is 1.97. The van der Waals surface area contributed by atoms with E-state index in [0.29, 0.717) is 14.6 Å². The van der Waals surface area contributed by atoms with Crippen molar-refractivity contribution in [3.8, 4) is 0 Å². The average molecular weight is 336 g/mol. The molecule has 2 N–H and O–H groups in total. The second-order valence-electron chi connectivity index (χ2n) is 4.70. The molecule has 7 heteroatoms. The minimum Gasteiger partial charge on any atom is -0.294 e. The van der Waals surface area contributed by atoms with Gasteiger partial charge in [-0.05, 0) is 44.0 Å². The number of hydrazine groups is 1. The molecule has 0 bridgehead atoms. The summed E-state index contributed by atoms with van der Waals surface area (Å²) in [7, 11) is 0. The summed E-state index contributed by atoms with van der Waals surface area (Å²) in [5.41, 5.74) is 5.83. The molecule has 0 radical (unpaired) electrons. The highest BCUT2D eigenvalue weighted by Crippen LogP contribution is 2.22. The topological polar surface area (TPSA) is 75.3 Å². The van der Waals surface area contributed by atoms with Crippen molar-refractivity contribution in [1.82, 2.24) is 10.9 Å². The first kappa shape index (κ1) is 16.4. The maximum Gasteiger partial charge on any atom is 0.279 e. The highest BCUT2D eigenvalue weighted by atomic mass is 32.1. The molecule has 0 aliphatic heterocycles. The molecule has 116 valence electrons. The molecule has 0 aliphatic carbocycles. The van der Waals surface area contributed by atoms with E-state index in [2.05, 4.69) is 10.9 Å². The Hall–Kier alpha value is -1.99. The van der Waals surface area contributed by atoms with Crippen LogP contribution < -0.4 is 10.9 Å². The van der Waals surface area contributed by atoms with Crippen molar-refractivity contribution in [3.63, 3.8) is 0 Å². The standard InChI is InChI=1S/C15H16N2O3S2/c1-4-10-8(2)7-13(21-10)15(20)17-16-14(19)12-6-5-11(22-12)9(3)18/h5-7H,4H2,1-3H3,(H,16,19)(H,17,20). The van der Waals surface area contributed by atoms with Crippen LogP contribution in [0.3, 0.4) is 0 Å². The Labute approximate surface area is 136 Å². The van der Waals surface area contributed by atoms with Crippen molar-refractivity contribution >= 4 is 40.3 Å². The minimum atomic E-state index is -0.435. The Morgan fingerprint density at radius 3 is 2.09 bits per heavy atom. The lowest BCUT2D eigenvalue weighted by Crippen LogP contribution is -2.41. The molecule has 0 spiro atoms. The third-order valence-electron chi connectivity index (χ3n) is 3.03. The van der Waals surface area contributed by atoms with Gasteiger partial charge in [0.15, 0.2) is 5.78 Å². The van der Waals surface area contributed by atoms with Crippen molar-refractivity contribution in [2.45, 2.75) is 27.2 Å². The fraction of sp³-hybridized carbons (Fsp3) is 0.267. The molecule has 2 aromatic rings. The first-order chi connectivity index (χ1) is 10.4. The van der Waals surface area contributed by atoms with E-state index in [4.69, 9.17) is 0 Å². The summed E-state index contributed by atoms with van der Waals surface area (Å²) >= 11 is 2.51. The Morgan fingerprint density at radius 2 is 1.59 bits per heavy atom. The van der Waals surface area contributed by atoms with Crippen molar-refractivity contribution in [3.05, 3.63) is 43.3 Å². The third kappa shape index (κ3) is 3.61. The zero-order valence-electron chi connectivity index (χ0n) is 12.5. The van der Waals surface area contributed by atoms with Crippen molar-refractivity contribution in [2.75, 3.05) is 0 Å². The molecule has 0 atom stereocenters. The summed E-state index contributed by atoms with van der Waals surface area (Å²) in [6, 6.07) is 4.97. The van der Waals surface area contributed by atoms with Crippen LogP contribution >= 0.6 is 22.7 Å². The molecule has 0 saturated heterocycles. The molecule has 22 heavy (non-hydrogen) atoms. The van der Waals surface area contributed by atoms with Gasteiger partial charge in [0.05, 0.1) is 14.6 Å². The van der Waals surface area contributed by atoms with Crippen LogP contribution in [-0.2, 0) is 6.42 Å². The second-order valence-corrected chi connectivity index (χ2v) is 6.92. The fourth-order valence-electron chi connectivity index (χ4n) is 1.87. The molecule has 0 aliphatic rings. The fourth-order valence-corrected chi connectivity index (χ4v) is 3.67. The van der Waals surface area contributed by atoms with Gasteiger partial charge >= 0.3 is 0 Å². The molecule has 0 aromatic carbocycles. The quantitative estimate of drug-likeness (QED) is 0.666. The van der Waals surface area contributed by atoms with E-state index in [1.165, 1.54) is 18.3 Å². The maximum absolute atomic E-state index is 12.0. The summed E-state index contributed by atoms with van der Waals surface area (Å²) in [5.74, 6) is -0.867. The van der Waals surface area contributed by atoms with Crippen LogP contribution in [0.15, 0.2) is 18.2 Å². The predicted molar refractivity (Wildman–Crippen MR) is 87.7 cm³/mol. The first-order valence-electron chi connectivity index (χ1n) is 6.73. The van der Waals surface area contributed by atoms with Crippen LogP contribution in [0.2, 0.25) is 0 Å². The summed E-state index contributed by atoms with van der Waals surface area (Å²) in [6.45, 7) is 5.44. The normalized spacial score (nSPS) is 10.3. The molecular formula is C15H16N2O3S2. The number of carbonyl (C=O) groups excluding carboxylic acids is 3. The van der Waals surface area contributed by atoms with Gasteiger partial charge in [0.25, 0.3) is 11.8 Å². The van der Waals surface area contributed by atoms with E-state index < -0.39 is 5.91 Å². The summed E-state index contributed by atoms with van der Waals surface area (Å²) in [4.78, 5) is 37.7. The van der Waals surface area contributed by atoms with Gasteiger partial charge in [0, 0.05) is 4.88 Å². The van der Waals surface area contributed by atoms with Crippen LogP contribution in [0.5, 0.6) is 0 Å². The lowest BCUT2D eigenvalue weighted by Gasteiger charge is -2.04. The molecule has 2 aromatic heterocycles. The van der Waals surface area contributed by atoms with Crippen LogP contribution in [0.1, 0.15) is 53.3 Å². The number of ketones is 1. The number of hydrogen-bond acceptors (Lipinski definition) is 5. The number of amides is 2. The summed E-state index contributed by atoms with van der Waals surface area (Å²) < 4.78 is 0. The van der Waals surface area contributed by atoms with E-state index in [1.807, 2.05) is 19.9 Å². The smallest absolute Gasteiger partial charge is 0.279 e. The van der Waals surface area contributed by atoms with E-state index in [9.17, 15) is 14.4 Å². The van der Waals surface area contributed by atoms with Gasteiger partial charge < -0.3 is 0 Å². The second kappa shape index (κ2) is 6.85. The molecule has 2 rings (SSSR count). The largest absolute Gasteiger partial charge is 0.294 e. The number of nitrogens with one attached hydrogen (secondary N) is 2.